The largest absolute Gasteiger partial charge is 0.332 e. The molecule has 1 atom stereocenters. The average molecular weight is 349 g/mol. The van der Waals surface area contributed by atoms with Gasteiger partial charge in [-0.05, 0) is 24.6 Å². The van der Waals surface area contributed by atoms with Gasteiger partial charge >= 0.3 is 18.7 Å². The van der Waals surface area contributed by atoms with Crippen molar-refractivity contribution >= 4 is 34.6 Å². The van der Waals surface area contributed by atoms with Crippen molar-refractivity contribution in [2.24, 2.45) is 0 Å². The van der Waals surface area contributed by atoms with E-state index < -0.39 is 24.4 Å². The van der Waals surface area contributed by atoms with Crippen molar-refractivity contribution in [3.05, 3.63) is 42.9 Å². The van der Waals surface area contributed by atoms with Gasteiger partial charge in [-0.1, -0.05) is 15.9 Å². The summed E-state index contributed by atoms with van der Waals surface area (Å²) in [6.07, 6.45) is 0. The second kappa shape index (κ2) is 4.72. The van der Waals surface area contributed by atoms with E-state index in [-0.39, 0.29) is 11.1 Å². The van der Waals surface area contributed by atoms with E-state index in [0.29, 0.717) is 9.99 Å². The molecule has 1 heterocycles. The molecule has 7 nitrogen and oxygen atoms in total. The Morgan fingerprint density at radius 1 is 1.21 bits per heavy atom. The van der Waals surface area contributed by atoms with Gasteiger partial charge in [-0.2, -0.15) is 0 Å². The van der Waals surface area contributed by atoms with Crippen LogP contribution in [0.2, 0.25) is 0 Å². The van der Waals surface area contributed by atoms with E-state index in [1.54, 1.807) is 6.07 Å². The highest BCUT2D eigenvalue weighted by Gasteiger charge is 2.28. The molecule has 1 unspecified atom stereocenters. The highest BCUT2D eigenvalue weighted by Crippen LogP contribution is 2.52. The maximum absolute atomic E-state index is 11.4. The lowest BCUT2D eigenvalue weighted by Gasteiger charge is -2.16. The van der Waals surface area contributed by atoms with E-state index in [4.69, 9.17) is 0 Å². The molecule has 0 aliphatic carbocycles. The molecule has 2 rings (SSSR count). The number of rotatable bonds is 2. The Labute approximate surface area is 115 Å². The lowest BCUT2D eigenvalue weighted by atomic mass is 10.1. The minimum Gasteiger partial charge on any atom is -0.324 e. The van der Waals surface area contributed by atoms with Gasteiger partial charge < -0.3 is 19.8 Å². The van der Waals surface area contributed by atoms with Gasteiger partial charge in [-0.3, -0.25) is 14.2 Å². The number of nitrogens with one attached hydrogen (secondary N) is 2. The van der Waals surface area contributed by atoms with Crippen LogP contribution in [0, 0.1) is 0 Å². The van der Waals surface area contributed by atoms with Crippen LogP contribution < -0.4 is 11.1 Å². The molecule has 0 radical (unpaired) electrons. The van der Waals surface area contributed by atoms with Crippen LogP contribution in [0.5, 0.6) is 0 Å². The van der Waals surface area contributed by atoms with Crippen molar-refractivity contribution in [2.75, 3.05) is 0 Å². The maximum atomic E-state index is 11.4. The molecule has 0 fully saturated rings. The fourth-order valence-corrected chi connectivity index (χ4v) is 2.77. The molecular weight excluding hydrogens is 339 g/mol. The average Bonchev–Trinajstić information content (AvgIpc) is 2.28. The van der Waals surface area contributed by atoms with Crippen molar-refractivity contribution < 1.29 is 14.4 Å². The zero-order chi connectivity index (χ0) is 14.4. The van der Waals surface area contributed by atoms with E-state index in [0.717, 1.165) is 0 Å². The lowest BCUT2D eigenvalue weighted by Crippen LogP contribution is -2.29. The number of aromatic amines is 2. The highest BCUT2D eigenvalue weighted by atomic mass is 79.9. The molecule has 9 heteroatoms. The smallest absolute Gasteiger partial charge is 0.324 e. The first-order valence-corrected chi connectivity index (χ1v) is 7.68. The van der Waals surface area contributed by atoms with Crippen molar-refractivity contribution in [3.63, 3.8) is 0 Å². The van der Waals surface area contributed by atoms with Gasteiger partial charge in [0.25, 0.3) is 0 Å². The summed E-state index contributed by atoms with van der Waals surface area (Å²) in [5.41, 5.74) is -2.02. The van der Waals surface area contributed by atoms with Gasteiger partial charge in [0.1, 0.15) is 0 Å². The number of H-pyrrole nitrogens is 2. The summed E-state index contributed by atoms with van der Waals surface area (Å²) in [7, 11) is -4.36. The fraction of sp³-hybridized carbons (Fsp3) is 0.200. The van der Waals surface area contributed by atoms with Crippen molar-refractivity contribution in [1.29, 1.82) is 0 Å². The number of hydrogen-bond donors (Lipinski definition) is 4. The maximum Gasteiger partial charge on any atom is 0.332 e. The summed E-state index contributed by atoms with van der Waals surface area (Å²) in [6, 6.07) is 3.04. The number of halogens is 1. The normalized spacial score (nSPS) is 13.7. The van der Waals surface area contributed by atoms with E-state index >= 15 is 0 Å². The molecule has 4 N–H and O–H groups in total. The molecule has 19 heavy (non-hydrogen) atoms. The minimum absolute atomic E-state index is 0.212. The zero-order valence-corrected chi connectivity index (χ0v) is 12.2. The number of aromatic nitrogens is 2. The lowest BCUT2D eigenvalue weighted by molar-refractivity contribution is 0.362. The highest BCUT2D eigenvalue weighted by molar-refractivity contribution is 9.10. The molecule has 2 aromatic rings. The third-order valence-electron chi connectivity index (χ3n) is 2.78. The predicted molar refractivity (Wildman–Crippen MR) is 73.3 cm³/mol. The van der Waals surface area contributed by atoms with Crippen molar-refractivity contribution in [3.8, 4) is 0 Å². The topological polar surface area (TPSA) is 123 Å². The second-order valence-electron chi connectivity index (χ2n) is 4.09. The number of fused-ring (bicyclic) bond motifs is 1. The Morgan fingerprint density at radius 3 is 2.37 bits per heavy atom. The summed E-state index contributed by atoms with van der Waals surface area (Å²) in [5.74, 6) is 0. The Kier molecular flexibility index (Phi) is 3.53. The van der Waals surface area contributed by atoms with Crippen molar-refractivity contribution in [2.45, 2.75) is 12.6 Å². The standard InChI is InChI=1S/C10H10BrN2O5P/c1-4(19(16,17)18)6-2-5(11)3-7-8(6)13-10(15)9(14)12-7/h2-4H,1H3,(H,12,14)(H,13,15)(H2,16,17,18). The molecule has 0 spiro atoms. The minimum atomic E-state index is -4.36. The van der Waals surface area contributed by atoms with Crippen LogP contribution in [-0.2, 0) is 4.57 Å². The number of benzene rings is 1. The summed E-state index contributed by atoms with van der Waals surface area (Å²) < 4.78 is 11.9. The van der Waals surface area contributed by atoms with Gasteiger partial charge in [0.15, 0.2) is 0 Å². The molecule has 0 saturated heterocycles. The Balaban J connectivity index is 2.88. The molecule has 0 amide bonds. The molecule has 1 aromatic heterocycles. The van der Waals surface area contributed by atoms with Crippen LogP contribution in [0.25, 0.3) is 11.0 Å². The number of hydrogen-bond acceptors (Lipinski definition) is 3. The van der Waals surface area contributed by atoms with Gasteiger partial charge in [-0.25, -0.2) is 0 Å². The summed E-state index contributed by atoms with van der Waals surface area (Å²) >= 11 is 3.19. The first kappa shape index (κ1) is 14.2. The van der Waals surface area contributed by atoms with Gasteiger partial charge in [0, 0.05) is 4.47 Å². The van der Waals surface area contributed by atoms with E-state index in [9.17, 15) is 23.9 Å². The first-order valence-electron chi connectivity index (χ1n) is 5.21. The van der Waals surface area contributed by atoms with Crippen LogP contribution in [0.3, 0.4) is 0 Å². The zero-order valence-electron chi connectivity index (χ0n) is 9.68. The quantitative estimate of drug-likeness (QED) is 0.480. The van der Waals surface area contributed by atoms with Crippen LogP contribution in [0.1, 0.15) is 18.1 Å². The van der Waals surface area contributed by atoms with Crippen LogP contribution >= 0.6 is 23.5 Å². The Morgan fingerprint density at radius 2 is 1.79 bits per heavy atom. The van der Waals surface area contributed by atoms with Gasteiger partial charge in [0.2, 0.25) is 0 Å². The molecule has 0 aliphatic heterocycles. The summed E-state index contributed by atoms with van der Waals surface area (Å²) in [6.45, 7) is 1.35. The summed E-state index contributed by atoms with van der Waals surface area (Å²) in [5, 5.41) is 0. The molecule has 102 valence electrons. The third-order valence-corrected chi connectivity index (χ3v) is 4.53. The molecular formula is C10H10BrN2O5P. The first-order chi connectivity index (χ1) is 8.70. The second-order valence-corrected chi connectivity index (χ2v) is 6.96. The molecule has 0 aliphatic rings. The van der Waals surface area contributed by atoms with E-state index in [2.05, 4.69) is 25.9 Å². The predicted octanol–water partition coefficient (Wildman–Crippen LogP) is 1.22. The van der Waals surface area contributed by atoms with Crippen LogP contribution in [0.4, 0.5) is 0 Å². The Bertz CT molecular complexity index is 806. The van der Waals surface area contributed by atoms with Crippen molar-refractivity contribution in [1.82, 2.24) is 9.97 Å². The Hall–Kier alpha value is -1.21. The van der Waals surface area contributed by atoms with E-state index in [1.807, 2.05) is 0 Å². The van der Waals surface area contributed by atoms with Crippen LogP contribution in [-0.4, -0.2) is 19.8 Å². The molecule has 1 aromatic carbocycles. The van der Waals surface area contributed by atoms with Gasteiger partial charge in [0.05, 0.1) is 16.7 Å². The monoisotopic (exact) mass is 348 g/mol. The third kappa shape index (κ3) is 2.71. The van der Waals surface area contributed by atoms with Gasteiger partial charge in [-0.15, -0.1) is 0 Å². The van der Waals surface area contributed by atoms with Crippen LogP contribution in [0.15, 0.2) is 26.2 Å². The summed E-state index contributed by atoms with van der Waals surface area (Å²) in [4.78, 5) is 45.8. The molecule has 0 saturated carbocycles. The van der Waals surface area contributed by atoms with E-state index in [1.165, 1.54) is 13.0 Å². The fourth-order valence-electron chi connectivity index (χ4n) is 1.73. The molecule has 0 bridgehead atoms. The SMILES string of the molecule is CC(c1cc(Br)cc2[nH]c(=O)c(=O)[nH]c12)P(=O)(O)O.